The molecule has 0 saturated carbocycles. The molecule has 2 aromatic carbocycles. The van der Waals surface area contributed by atoms with Crippen LogP contribution in [0.15, 0.2) is 55.1 Å². The molecule has 0 fully saturated rings. The summed E-state index contributed by atoms with van der Waals surface area (Å²) in [6.45, 7) is 5.87. The molecule has 0 aliphatic carbocycles. The topological polar surface area (TPSA) is 26.0 Å². The first-order valence-electron chi connectivity index (χ1n) is 6.42. The molecule has 21 heavy (non-hydrogen) atoms. The van der Waals surface area contributed by atoms with Crippen molar-refractivity contribution in [3.8, 4) is 0 Å². The SMILES string of the molecule is C=Cc1ccc(C)cc1.NCc1cccc(C(F)(F)F)c1. The second-order valence-electron chi connectivity index (χ2n) is 4.52. The molecule has 2 aromatic rings. The maximum Gasteiger partial charge on any atom is 0.416 e. The third-order valence-electron chi connectivity index (χ3n) is 2.80. The minimum Gasteiger partial charge on any atom is -0.326 e. The number of halogens is 3. The lowest BCUT2D eigenvalue weighted by Crippen LogP contribution is -2.06. The fourth-order valence-corrected chi connectivity index (χ4v) is 1.58. The molecule has 0 unspecified atom stereocenters. The summed E-state index contributed by atoms with van der Waals surface area (Å²) in [5, 5.41) is 0. The number of nitrogens with two attached hydrogens (primary N) is 1. The highest BCUT2D eigenvalue weighted by molar-refractivity contribution is 5.46. The Hall–Kier alpha value is -2.07. The van der Waals surface area contributed by atoms with Crippen molar-refractivity contribution in [2.45, 2.75) is 19.6 Å². The first kappa shape index (κ1) is 17.0. The molecule has 1 nitrogen and oxygen atoms in total. The first-order valence-corrected chi connectivity index (χ1v) is 6.42. The van der Waals surface area contributed by atoms with Crippen LogP contribution in [0.4, 0.5) is 13.2 Å². The third-order valence-corrected chi connectivity index (χ3v) is 2.80. The fourth-order valence-electron chi connectivity index (χ4n) is 1.58. The van der Waals surface area contributed by atoms with Gasteiger partial charge < -0.3 is 5.73 Å². The highest BCUT2D eigenvalue weighted by Gasteiger charge is 2.30. The third kappa shape index (κ3) is 5.83. The molecule has 0 aliphatic rings. The predicted octanol–water partition coefficient (Wildman–Crippen LogP) is 4.80. The molecule has 0 spiro atoms. The van der Waals surface area contributed by atoms with Crippen LogP contribution in [0.3, 0.4) is 0 Å². The van der Waals surface area contributed by atoms with Crippen molar-refractivity contribution < 1.29 is 13.2 Å². The average Bonchev–Trinajstić information content (AvgIpc) is 2.48. The number of aryl methyl sites for hydroxylation is 1. The van der Waals surface area contributed by atoms with E-state index in [0.29, 0.717) is 5.56 Å². The molecule has 4 heteroatoms. The number of benzene rings is 2. The van der Waals surface area contributed by atoms with Crippen molar-refractivity contribution in [3.63, 3.8) is 0 Å². The predicted molar refractivity (Wildman–Crippen MR) is 80.6 cm³/mol. The first-order chi connectivity index (χ1) is 9.86. The Kier molecular flexibility index (Phi) is 6.18. The van der Waals surface area contributed by atoms with Crippen LogP contribution in [0.5, 0.6) is 0 Å². The van der Waals surface area contributed by atoms with Crippen LogP contribution in [-0.2, 0) is 12.7 Å². The van der Waals surface area contributed by atoms with Crippen LogP contribution in [0.2, 0.25) is 0 Å². The molecule has 112 valence electrons. The monoisotopic (exact) mass is 293 g/mol. The van der Waals surface area contributed by atoms with E-state index in [2.05, 4.69) is 37.8 Å². The molecule has 0 aliphatic heterocycles. The van der Waals surface area contributed by atoms with Gasteiger partial charge in [-0.15, -0.1) is 0 Å². The summed E-state index contributed by atoms with van der Waals surface area (Å²) in [5.41, 5.74) is 7.51. The second-order valence-corrected chi connectivity index (χ2v) is 4.52. The zero-order chi connectivity index (χ0) is 15.9. The molecule has 0 aromatic heterocycles. The second kappa shape index (κ2) is 7.64. The molecule has 0 bridgehead atoms. The van der Waals surface area contributed by atoms with E-state index in [-0.39, 0.29) is 6.54 Å². The van der Waals surface area contributed by atoms with Gasteiger partial charge in [0.05, 0.1) is 5.56 Å². The van der Waals surface area contributed by atoms with Crippen LogP contribution in [0.25, 0.3) is 6.08 Å². The Morgan fingerprint density at radius 3 is 2.19 bits per heavy atom. The van der Waals surface area contributed by atoms with Crippen molar-refractivity contribution in [1.29, 1.82) is 0 Å². The summed E-state index contributed by atoms with van der Waals surface area (Å²) in [5.74, 6) is 0. The Bertz CT molecular complexity index is 571. The van der Waals surface area contributed by atoms with Crippen molar-refractivity contribution in [2.75, 3.05) is 0 Å². The number of rotatable bonds is 2. The molecule has 0 heterocycles. The zero-order valence-electron chi connectivity index (χ0n) is 11.8. The van der Waals surface area contributed by atoms with Gasteiger partial charge in [0.1, 0.15) is 0 Å². The molecule has 2 rings (SSSR count). The van der Waals surface area contributed by atoms with E-state index in [1.165, 1.54) is 17.2 Å². The zero-order valence-corrected chi connectivity index (χ0v) is 11.8. The number of alkyl halides is 3. The minimum atomic E-state index is -4.27. The maximum absolute atomic E-state index is 12.1. The lowest BCUT2D eigenvalue weighted by molar-refractivity contribution is -0.137. The Morgan fingerprint density at radius 1 is 1.10 bits per heavy atom. The van der Waals surface area contributed by atoms with Gasteiger partial charge in [-0.3, -0.25) is 0 Å². The van der Waals surface area contributed by atoms with E-state index < -0.39 is 11.7 Å². The van der Waals surface area contributed by atoms with E-state index in [1.54, 1.807) is 6.07 Å². The van der Waals surface area contributed by atoms with Crippen molar-refractivity contribution in [1.82, 2.24) is 0 Å². The smallest absolute Gasteiger partial charge is 0.326 e. The van der Waals surface area contributed by atoms with Gasteiger partial charge in [-0.05, 0) is 24.1 Å². The van der Waals surface area contributed by atoms with Gasteiger partial charge in [-0.25, -0.2) is 0 Å². The molecule has 0 radical (unpaired) electrons. The molecule has 0 saturated heterocycles. The lowest BCUT2D eigenvalue weighted by Gasteiger charge is -2.06. The summed E-state index contributed by atoms with van der Waals surface area (Å²) in [6.07, 6.45) is -2.43. The minimum absolute atomic E-state index is 0.129. The Morgan fingerprint density at radius 2 is 1.71 bits per heavy atom. The van der Waals surface area contributed by atoms with Crippen LogP contribution in [-0.4, -0.2) is 0 Å². The highest BCUT2D eigenvalue weighted by atomic mass is 19.4. The molecule has 0 amide bonds. The summed E-state index contributed by atoms with van der Waals surface area (Å²) in [7, 11) is 0. The van der Waals surface area contributed by atoms with E-state index in [9.17, 15) is 13.2 Å². The number of hydrogen-bond acceptors (Lipinski definition) is 1. The largest absolute Gasteiger partial charge is 0.416 e. The standard InChI is InChI=1S/C9H10.C8H8F3N/c1-3-9-6-4-8(2)5-7-9;9-8(10,11)7-3-1-2-6(4-7)5-12/h3-7H,1H2,2H3;1-4H,5,12H2. The van der Waals surface area contributed by atoms with Crippen molar-refractivity contribution in [2.24, 2.45) is 5.73 Å². The van der Waals surface area contributed by atoms with Gasteiger partial charge in [-0.2, -0.15) is 13.2 Å². The normalized spacial score (nSPS) is 10.5. The van der Waals surface area contributed by atoms with Crippen molar-refractivity contribution >= 4 is 6.08 Å². The van der Waals surface area contributed by atoms with E-state index in [4.69, 9.17) is 5.73 Å². The number of hydrogen-bond donors (Lipinski definition) is 1. The van der Waals surface area contributed by atoms with Crippen LogP contribution in [0.1, 0.15) is 22.3 Å². The van der Waals surface area contributed by atoms with E-state index in [0.717, 1.165) is 12.1 Å². The Labute approximate surface area is 122 Å². The summed E-state index contributed by atoms with van der Waals surface area (Å²) >= 11 is 0. The van der Waals surface area contributed by atoms with E-state index in [1.807, 2.05) is 6.08 Å². The summed E-state index contributed by atoms with van der Waals surface area (Å²) in [4.78, 5) is 0. The summed E-state index contributed by atoms with van der Waals surface area (Å²) < 4.78 is 36.2. The van der Waals surface area contributed by atoms with Crippen LogP contribution >= 0.6 is 0 Å². The van der Waals surface area contributed by atoms with Gasteiger partial charge in [0.25, 0.3) is 0 Å². The molecule has 0 atom stereocenters. The van der Waals surface area contributed by atoms with Gasteiger partial charge in [0, 0.05) is 6.54 Å². The van der Waals surface area contributed by atoms with Gasteiger partial charge in [0.15, 0.2) is 0 Å². The van der Waals surface area contributed by atoms with Gasteiger partial charge >= 0.3 is 6.18 Å². The summed E-state index contributed by atoms with van der Waals surface area (Å²) in [6, 6.07) is 13.3. The molecule has 2 N–H and O–H groups in total. The van der Waals surface area contributed by atoms with Crippen LogP contribution < -0.4 is 5.73 Å². The van der Waals surface area contributed by atoms with E-state index >= 15 is 0 Å². The highest BCUT2D eigenvalue weighted by Crippen LogP contribution is 2.29. The quantitative estimate of drug-likeness (QED) is 0.845. The maximum atomic E-state index is 12.1. The lowest BCUT2D eigenvalue weighted by atomic mass is 10.1. The van der Waals surface area contributed by atoms with Gasteiger partial charge in [-0.1, -0.05) is 60.7 Å². The average molecular weight is 293 g/mol. The van der Waals surface area contributed by atoms with Crippen LogP contribution in [0, 0.1) is 6.92 Å². The molecular formula is C17H18F3N. The molecular weight excluding hydrogens is 275 g/mol. The van der Waals surface area contributed by atoms with Gasteiger partial charge in [0.2, 0.25) is 0 Å². The Balaban J connectivity index is 0.000000219. The fraction of sp³-hybridized carbons (Fsp3) is 0.176. The van der Waals surface area contributed by atoms with Crippen molar-refractivity contribution in [3.05, 3.63) is 77.4 Å².